The molecule has 5 atom stereocenters. The van der Waals surface area contributed by atoms with Crippen molar-refractivity contribution in [1.82, 2.24) is 5.32 Å². The van der Waals surface area contributed by atoms with Crippen molar-refractivity contribution in [3.05, 3.63) is 46.3 Å². The Labute approximate surface area is 214 Å². The number of carbonyl (C=O) groups excluding carboxylic acids is 3. The maximum absolute atomic E-state index is 13.0. The fraction of sp³-hybridized carbons (Fsp3) is 0.640. The van der Waals surface area contributed by atoms with Crippen molar-refractivity contribution < 1.29 is 36.1 Å². The summed E-state index contributed by atoms with van der Waals surface area (Å²) in [6.07, 6.45) is -3.57. The summed E-state index contributed by atoms with van der Waals surface area (Å²) in [5, 5.41) is 6.45. The second kappa shape index (κ2) is 12.2. The molecule has 0 saturated carbocycles. The molecule has 0 aromatic heterocycles. The molecule has 1 aliphatic heterocycles. The highest BCUT2D eigenvalue weighted by molar-refractivity contribution is 5.76. The highest BCUT2D eigenvalue weighted by Gasteiger charge is 2.50. The van der Waals surface area contributed by atoms with Crippen LogP contribution in [-0.4, -0.2) is 55.0 Å². The molecule has 1 fully saturated rings. The second-order valence-electron chi connectivity index (χ2n) is 10.00. The van der Waals surface area contributed by atoms with E-state index < -0.39 is 59.3 Å². The first kappa shape index (κ1) is 25.9. The Morgan fingerprint density at radius 2 is 1.78 bits per heavy atom. The highest BCUT2D eigenvalue weighted by atomic mass is 16.7. The number of nitrogens with zero attached hydrogens (tertiary/aromatic N) is 3. The molecular formula is C25H36N4O7. The average molecular weight is 507 g/mol. The Balaban J connectivity index is 2.45. The van der Waals surface area contributed by atoms with Gasteiger partial charge < -0.3 is 24.3 Å². The number of hydrogen-bond acceptors (Lipinski definition) is 8. The van der Waals surface area contributed by atoms with Gasteiger partial charge in [0.05, 0.1) is 17.4 Å². The van der Waals surface area contributed by atoms with Crippen LogP contribution in [0.5, 0.6) is 0 Å². The summed E-state index contributed by atoms with van der Waals surface area (Å²) in [7, 11) is 0. The number of benzene rings is 1. The van der Waals surface area contributed by atoms with Crippen molar-refractivity contribution in [2.24, 2.45) is 15.9 Å². The SMILES string of the molecule is [2H]CC(C)(C)C(=O)OC[C@H]1OC(OCc2ccccc2)[C@H](NC(C)=O)[C@@H](OC(=O)C(C)(C)C[2H])[C@H]1N=[N+]=[N-]. The smallest absolute Gasteiger partial charge is 0.311 e. The lowest BCUT2D eigenvalue weighted by atomic mass is 9.92. The van der Waals surface area contributed by atoms with E-state index in [9.17, 15) is 19.9 Å². The van der Waals surface area contributed by atoms with Crippen LogP contribution in [-0.2, 0) is 39.9 Å². The minimum atomic E-state index is -1.27. The van der Waals surface area contributed by atoms with Crippen LogP contribution in [0.25, 0.3) is 10.4 Å². The van der Waals surface area contributed by atoms with Crippen molar-refractivity contribution in [3.8, 4) is 0 Å². The zero-order valence-electron chi connectivity index (χ0n) is 23.3. The molecule has 0 bridgehead atoms. The normalized spacial score (nSPS) is 25.0. The van der Waals surface area contributed by atoms with Crippen LogP contribution in [0.1, 0.15) is 56.7 Å². The Bertz CT molecular complexity index is 1020. The predicted molar refractivity (Wildman–Crippen MR) is 130 cm³/mol. The molecule has 1 aliphatic rings. The van der Waals surface area contributed by atoms with Crippen molar-refractivity contribution in [2.75, 3.05) is 6.61 Å². The largest absolute Gasteiger partial charge is 0.463 e. The zero-order chi connectivity index (χ0) is 28.5. The number of ether oxygens (including phenoxy) is 4. The van der Waals surface area contributed by atoms with E-state index in [0.717, 1.165) is 5.56 Å². The lowest BCUT2D eigenvalue weighted by molar-refractivity contribution is -0.254. The van der Waals surface area contributed by atoms with E-state index >= 15 is 0 Å². The van der Waals surface area contributed by atoms with E-state index in [1.54, 1.807) is 13.8 Å². The van der Waals surface area contributed by atoms with Crippen LogP contribution in [0.3, 0.4) is 0 Å². The molecule has 0 aliphatic carbocycles. The standard InChI is InChI=1S/C25H36N4O7/c1-15(30)27-19-20(36-23(32)25(5,6)7)18(28-29-26)17(14-34-22(31)24(2,3)4)35-21(19)33-13-16-11-9-8-10-12-16/h8-12,17-21H,13-14H2,1-7H3,(H,27,30)/t17-,18+,19-,20+,21?/m1/s1/i2D,5D. The number of esters is 2. The molecule has 11 heteroatoms. The fourth-order valence-corrected chi connectivity index (χ4v) is 3.31. The van der Waals surface area contributed by atoms with Gasteiger partial charge in [0, 0.05) is 14.6 Å². The van der Waals surface area contributed by atoms with Gasteiger partial charge in [-0.25, -0.2) is 0 Å². The van der Waals surface area contributed by atoms with Crippen molar-refractivity contribution >= 4 is 17.8 Å². The number of carbonyl (C=O) groups is 3. The van der Waals surface area contributed by atoms with Crippen molar-refractivity contribution in [2.45, 2.75) is 85.6 Å². The summed E-state index contributed by atoms with van der Waals surface area (Å²) in [5.41, 5.74) is 7.83. The molecule has 1 heterocycles. The molecule has 1 saturated heterocycles. The van der Waals surface area contributed by atoms with E-state index in [1.165, 1.54) is 20.8 Å². The molecular weight excluding hydrogens is 468 g/mol. The first-order chi connectivity index (χ1) is 17.9. The minimum Gasteiger partial charge on any atom is -0.463 e. The monoisotopic (exact) mass is 506 g/mol. The summed E-state index contributed by atoms with van der Waals surface area (Å²) in [6, 6.07) is 6.85. The van der Waals surface area contributed by atoms with E-state index in [-0.39, 0.29) is 27.0 Å². The Kier molecular flexibility index (Phi) is 8.79. The third-order valence-electron chi connectivity index (χ3n) is 5.21. The van der Waals surface area contributed by atoms with Gasteiger partial charge in [0.2, 0.25) is 5.91 Å². The Hall–Kier alpha value is -3.14. The molecule has 0 spiro atoms. The Morgan fingerprint density at radius 3 is 2.36 bits per heavy atom. The molecule has 1 N–H and O–H groups in total. The van der Waals surface area contributed by atoms with E-state index in [1.807, 2.05) is 30.3 Å². The zero-order valence-corrected chi connectivity index (χ0v) is 21.3. The van der Waals surface area contributed by atoms with Crippen LogP contribution in [0, 0.1) is 10.8 Å². The Morgan fingerprint density at radius 1 is 1.14 bits per heavy atom. The quantitative estimate of drug-likeness (QED) is 0.245. The summed E-state index contributed by atoms with van der Waals surface area (Å²) in [6.45, 7) is 6.63. The van der Waals surface area contributed by atoms with Crippen LogP contribution in [0.15, 0.2) is 35.4 Å². The summed E-state index contributed by atoms with van der Waals surface area (Å²) < 4.78 is 38.5. The van der Waals surface area contributed by atoms with Crippen molar-refractivity contribution in [1.29, 1.82) is 0 Å². The van der Waals surface area contributed by atoms with Crippen molar-refractivity contribution in [3.63, 3.8) is 0 Å². The molecule has 198 valence electrons. The highest BCUT2D eigenvalue weighted by Crippen LogP contribution is 2.31. The molecule has 11 nitrogen and oxygen atoms in total. The van der Waals surface area contributed by atoms with Crippen LogP contribution in [0.2, 0.25) is 0 Å². The van der Waals surface area contributed by atoms with Gasteiger partial charge in [0.1, 0.15) is 30.9 Å². The van der Waals surface area contributed by atoms with Crippen LogP contribution < -0.4 is 5.32 Å². The number of azide groups is 1. The predicted octanol–water partition coefficient (Wildman–Crippen LogP) is 3.66. The van der Waals surface area contributed by atoms with Crippen LogP contribution >= 0.6 is 0 Å². The first-order valence-corrected chi connectivity index (χ1v) is 11.5. The molecule has 36 heavy (non-hydrogen) atoms. The van der Waals surface area contributed by atoms with E-state index in [0.29, 0.717) is 0 Å². The topological polar surface area (TPSA) is 149 Å². The van der Waals surface area contributed by atoms with Gasteiger partial charge in [-0.05, 0) is 52.6 Å². The number of amides is 1. The summed E-state index contributed by atoms with van der Waals surface area (Å²) in [5.74, 6) is -1.89. The fourth-order valence-electron chi connectivity index (χ4n) is 3.31. The van der Waals surface area contributed by atoms with Gasteiger partial charge in [-0.15, -0.1) is 0 Å². The molecule has 1 aromatic carbocycles. The number of hydrogen-bond donors (Lipinski definition) is 1. The number of nitrogens with one attached hydrogen (secondary N) is 1. The molecule has 1 amide bonds. The average Bonchev–Trinajstić information content (AvgIpc) is 2.89. The summed E-state index contributed by atoms with van der Waals surface area (Å²) >= 11 is 0. The molecule has 2 rings (SSSR count). The maximum atomic E-state index is 13.0. The third-order valence-corrected chi connectivity index (χ3v) is 5.21. The lowest BCUT2D eigenvalue weighted by Gasteiger charge is -2.45. The van der Waals surface area contributed by atoms with Gasteiger partial charge in [-0.2, -0.15) is 0 Å². The van der Waals surface area contributed by atoms with Crippen LogP contribution in [0.4, 0.5) is 0 Å². The third kappa shape index (κ3) is 8.22. The molecule has 1 aromatic rings. The van der Waals surface area contributed by atoms with E-state index in [2.05, 4.69) is 15.3 Å². The van der Waals surface area contributed by atoms with Gasteiger partial charge in [0.15, 0.2) is 6.29 Å². The maximum Gasteiger partial charge on any atom is 0.311 e. The first-order valence-electron chi connectivity index (χ1n) is 12.9. The second-order valence-corrected chi connectivity index (χ2v) is 10.00. The molecule has 1 unspecified atom stereocenters. The van der Waals surface area contributed by atoms with Gasteiger partial charge in [-0.1, -0.05) is 35.4 Å². The van der Waals surface area contributed by atoms with Gasteiger partial charge in [0.25, 0.3) is 0 Å². The van der Waals surface area contributed by atoms with E-state index in [4.69, 9.17) is 21.7 Å². The summed E-state index contributed by atoms with van der Waals surface area (Å²) in [4.78, 5) is 40.5. The van der Waals surface area contributed by atoms with Gasteiger partial charge >= 0.3 is 11.9 Å². The van der Waals surface area contributed by atoms with Gasteiger partial charge in [-0.3, -0.25) is 14.4 Å². The lowest BCUT2D eigenvalue weighted by Crippen LogP contribution is -2.65. The number of rotatable bonds is 8. The minimum absolute atomic E-state index is 0.0744. The molecule has 0 radical (unpaired) electrons.